The smallest absolute Gasteiger partial charge is 0.233 e. The molecule has 0 bridgehead atoms. The maximum atomic E-state index is 12.9. The van der Waals surface area contributed by atoms with Gasteiger partial charge >= 0.3 is 0 Å². The number of rotatable bonds is 8. The van der Waals surface area contributed by atoms with Crippen molar-refractivity contribution in [3.63, 3.8) is 0 Å². The van der Waals surface area contributed by atoms with Gasteiger partial charge in [0.2, 0.25) is 11.0 Å². The molecule has 1 amide bonds. The zero-order valence-electron chi connectivity index (χ0n) is 15.2. The lowest BCUT2D eigenvalue weighted by molar-refractivity contribution is -0.118. The summed E-state index contributed by atoms with van der Waals surface area (Å²) >= 11 is 1.35. The minimum Gasteiger partial charge on any atom is -0.497 e. The molecule has 3 aromatic rings. The van der Waals surface area contributed by atoms with Gasteiger partial charge in [0.25, 0.3) is 0 Å². The van der Waals surface area contributed by atoms with Crippen molar-refractivity contribution in [2.45, 2.75) is 6.42 Å². The van der Waals surface area contributed by atoms with Crippen molar-refractivity contribution in [3.8, 4) is 16.3 Å². The zero-order chi connectivity index (χ0) is 19.1. The van der Waals surface area contributed by atoms with Gasteiger partial charge in [-0.3, -0.25) is 14.7 Å². The molecule has 7 nitrogen and oxygen atoms in total. The molecule has 0 aliphatic rings. The fourth-order valence-electron chi connectivity index (χ4n) is 2.49. The molecule has 0 spiro atoms. The maximum Gasteiger partial charge on any atom is 0.233 e. The summed E-state index contributed by atoms with van der Waals surface area (Å²) in [5.41, 5.74) is 1.74. The van der Waals surface area contributed by atoms with E-state index in [4.69, 9.17) is 9.47 Å². The van der Waals surface area contributed by atoms with E-state index in [1.54, 1.807) is 31.5 Å². The fourth-order valence-corrected chi connectivity index (χ4v) is 3.37. The predicted octanol–water partition coefficient (Wildman–Crippen LogP) is 2.83. The Bertz CT molecular complexity index is 885. The SMILES string of the molecule is COCCN(C(=O)Cc1cccc(OC)c1)c1nnc(-c2cccnc2)s1. The number of hydrogen-bond donors (Lipinski definition) is 0. The van der Waals surface area contributed by atoms with Gasteiger partial charge in [-0.25, -0.2) is 0 Å². The van der Waals surface area contributed by atoms with Crippen molar-refractivity contribution in [2.24, 2.45) is 0 Å². The highest BCUT2D eigenvalue weighted by molar-refractivity contribution is 7.18. The lowest BCUT2D eigenvalue weighted by Gasteiger charge is -2.19. The summed E-state index contributed by atoms with van der Waals surface area (Å²) in [5.74, 6) is 0.646. The zero-order valence-corrected chi connectivity index (χ0v) is 16.0. The van der Waals surface area contributed by atoms with Crippen molar-refractivity contribution in [1.29, 1.82) is 0 Å². The van der Waals surface area contributed by atoms with E-state index >= 15 is 0 Å². The first-order valence-corrected chi connectivity index (χ1v) is 9.19. The van der Waals surface area contributed by atoms with E-state index in [-0.39, 0.29) is 12.3 Å². The van der Waals surface area contributed by atoms with Crippen LogP contribution in [0.2, 0.25) is 0 Å². The number of aromatic nitrogens is 3. The van der Waals surface area contributed by atoms with Crippen LogP contribution in [0.3, 0.4) is 0 Å². The van der Waals surface area contributed by atoms with E-state index in [1.807, 2.05) is 36.4 Å². The van der Waals surface area contributed by atoms with Crippen LogP contribution < -0.4 is 9.64 Å². The molecule has 0 aliphatic heterocycles. The molecule has 0 radical (unpaired) electrons. The Hall–Kier alpha value is -2.84. The molecule has 0 atom stereocenters. The van der Waals surface area contributed by atoms with Crippen molar-refractivity contribution in [3.05, 3.63) is 54.4 Å². The summed E-state index contributed by atoms with van der Waals surface area (Å²) in [6.07, 6.45) is 3.67. The number of methoxy groups -OCH3 is 2. The molecule has 1 aromatic carbocycles. The number of anilines is 1. The second-order valence-electron chi connectivity index (χ2n) is 5.70. The highest BCUT2D eigenvalue weighted by atomic mass is 32.1. The number of carbonyl (C=O) groups is 1. The van der Waals surface area contributed by atoms with E-state index in [0.717, 1.165) is 21.9 Å². The quantitative estimate of drug-likeness (QED) is 0.594. The van der Waals surface area contributed by atoms with E-state index in [9.17, 15) is 4.79 Å². The molecule has 0 saturated carbocycles. The number of hydrogen-bond acceptors (Lipinski definition) is 7. The van der Waals surface area contributed by atoms with Crippen LogP contribution in [0.4, 0.5) is 5.13 Å². The van der Waals surface area contributed by atoms with Crippen molar-refractivity contribution in [2.75, 3.05) is 32.3 Å². The molecule has 0 saturated heterocycles. The average molecular weight is 384 g/mol. The molecule has 0 unspecified atom stereocenters. The summed E-state index contributed by atoms with van der Waals surface area (Å²) in [7, 11) is 3.21. The molecule has 0 fully saturated rings. The molecule has 2 heterocycles. The van der Waals surface area contributed by atoms with E-state index in [1.165, 1.54) is 11.3 Å². The third kappa shape index (κ3) is 4.87. The van der Waals surface area contributed by atoms with E-state index in [2.05, 4.69) is 15.2 Å². The van der Waals surface area contributed by atoms with Gasteiger partial charge < -0.3 is 9.47 Å². The first kappa shape index (κ1) is 18.9. The van der Waals surface area contributed by atoms with Crippen LogP contribution in [0.1, 0.15) is 5.56 Å². The number of benzene rings is 1. The second kappa shape index (κ2) is 9.20. The molecule has 8 heteroatoms. The van der Waals surface area contributed by atoms with Crippen LogP contribution >= 0.6 is 11.3 Å². The standard InChI is InChI=1S/C19H20N4O3S/c1-25-10-9-23(17(24)12-14-5-3-7-16(11-14)26-2)19-22-21-18(27-19)15-6-4-8-20-13-15/h3-8,11,13H,9-10,12H2,1-2H3. The van der Waals surface area contributed by atoms with Gasteiger partial charge in [-0.2, -0.15) is 0 Å². The topological polar surface area (TPSA) is 77.4 Å². The minimum atomic E-state index is -0.0748. The molecule has 3 rings (SSSR count). The van der Waals surface area contributed by atoms with Crippen LogP contribution in [0, 0.1) is 0 Å². The molecule has 0 N–H and O–H groups in total. The maximum absolute atomic E-state index is 12.9. The predicted molar refractivity (Wildman–Crippen MR) is 104 cm³/mol. The molecule has 0 aliphatic carbocycles. The molecule has 140 valence electrons. The van der Waals surface area contributed by atoms with Crippen LogP contribution in [-0.4, -0.2) is 48.5 Å². The van der Waals surface area contributed by atoms with Gasteiger partial charge in [-0.15, -0.1) is 10.2 Å². The van der Waals surface area contributed by atoms with Gasteiger partial charge in [0.05, 0.1) is 26.7 Å². The highest BCUT2D eigenvalue weighted by Crippen LogP contribution is 2.28. The van der Waals surface area contributed by atoms with Gasteiger partial charge in [0.1, 0.15) is 5.75 Å². The Kier molecular flexibility index (Phi) is 6.45. The minimum absolute atomic E-state index is 0.0748. The van der Waals surface area contributed by atoms with Crippen LogP contribution in [0.25, 0.3) is 10.6 Å². The van der Waals surface area contributed by atoms with Crippen molar-refractivity contribution >= 4 is 22.4 Å². The summed E-state index contributed by atoms with van der Waals surface area (Å²) in [6, 6.07) is 11.2. The largest absolute Gasteiger partial charge is 0.497 e. The van der Waals surface area contributed by atoms with Crippen molar-refractivity contribution in [1.82, 2.24) is 15.2 Å². The first-order chi connectivity index (χ1) is 13.2. The van der Waals surface area contributed by atoms with Gasteiger partial charge in [-0.1, -0.05) is 23.5 Å². The Morgan fingerprint density at radius 1 is 1.19 bits per heavy atom. The monoisotopic (exact) mass is 384 g/mol. The summed E-state index contributed by atoms with van der Waals surface area (Å²) < 4.78 is 10.4. The molecular formula is C19H20N4O3S. The van der Waals surface area contributed by atoms with Crippen molar-refractivity contribution < 1.29 is 14.3 Å². The number of ether oxygens (including phenoxy) is 2. The summed E-state index contributed by atoms with van der Waals surface area (Å²) in [4.78, 5) is 18.6. The van der Waals surface area contributed by atoms with Crippen LogP contribution in [-0.2, 0) is 16.0 Å². The number of amides is 1. The first-order valence-electron chi connectivity index (χ1n) is 8.37. The van der Waals surface area contributed by atoms with Gasteiger partial charge in [0.15, 0.2) is 5.01 Å². The van der Waals surface area contributed by atoms with Gasteiger partial charge in [-0.05, 0) is 29.8 Å². The normalized spacial score (nSPS) is 10.6. The van der Waals surface area contributed by atoms with Crippen LogP contribution in [0.15, 0.2) is 48.8 Å². The molecule has 27 heavy (non-hydrogen) atoms. The molecular weight excluding hydrogens is 364 g/mol. The summed E-state index contributed by atoms with van der Waals surface area (Å²) in [6.45, 7) is 0.812. The molecule has 2 aromatic heterocycles. The third-order valence-electron chi connectivity index (χ3n) is 3.86. The number of nitrogens with zero attached hydrogens (tertiary/aromatic N) is 4. The lowest BCUT2D eigenvalue weighted by Crippen LogP contribution is -2.35. The fraction of sp³-hybridized carbons (Fsp3) is 0.263. The Labute approximate surface area is 161 Å². The number of pyridine rings is 1. The van der Waals surface area contributed by atoms with Crippen LogP contribution in [0.5, 0.6) is 5.75 Å². The second-order valence-corrected chi connectivity index (χ2v) is 6.65. The van der Waals surface area contributed by atoms with E-state index in [0.29, 0.717) is 18.3 Å². The Morgan fingerprint density at radius 2 is 2.07 bits per heavy atom. The Morgan fingerprint density at radius 3 is 2.81 bits per heavy atom. The third-order valence-corrected chi connectivity index (χ3v) is 4.86. The lowest BCUT2D eigenvalue weighted by atomic mass is 10.1. The number of carbonyl (C=O) groups excluding carboxylic acids is 1. The summed E-state index contributed by atoms with van der Waals surface area (Å²) in [5, 5.41) is 9.67. The van der Waals surface area contributed by atoms with Gasteiger partial charge in [0, 0.05) is 25.1 Å². The highest BCUT2D eigenvalue weighted by Gasteiger charge is 2.21. The average Bonchev–Trinajstić information content (AvgIpc) is 3.19. The Balaban J connectivity index is 1.80. The van der Waals surface area contributed by atoms with E-state index < -0.39 is 0 Å².